The molecule has 8 nitrogen and oxygen atoms in total. The minimum atomic E-state index is -0.796. The van der Waals surface area contributed by atoms with Gasteiger partial charge in [-0.3, -0.25) is 14.4 Å². The first-order chi connectivity index (χ1) is 13.4. The Labute approximate surface area is 163 Å². The van der Waals surface area contributed by atoms with Crippen LogP contribution in [0.5, 0.6) is 0 Å². The number of amides is 3. The zero-order valence-electron chi connectivity index (χ0n) is 15.6. The third-order valence-corrected chi connectivity index (χ3v) is 4.63. The van der Waals surface area contributed by atoms with Crippen molar-refractivity contribution in [1.82, 2.24) is 4.90 Å². The summed E-state index contributed by atoms with van der Waals surface area (Å²) in [5, 5.41) is 5.06. The van der Waals surface area contributed by atoms with Gasteiger partial charge in [-0.1, -0.05) is 0 Å². The lowest BCUT2D eigenvalue weighted by Gasteiger charge is -2.34. The molecule has 0 radical (unpaired) electrons. The van der Waals surface area contributed by atoms with Crippen molar-refractivity contribution in [2.24, 2.45) is 5.73 Å². The second kappa shape index (κ2) is 8.53. The molecule has 0 spiro atoms. The highest BCUT2D eigenvalue weighted by Gasteiger charge is 2.16. The second-order valence-electron chi connectivity index (χ2n) is 6.69. The molecule has 2 aromatic carbocycles. The highest BCUT2D eigenvalue weighted by molar-refractivity contribution is 6.43. The van der Waals surface area contributed by atoms with Crippen LogP contribution in [-0.2, 0) is 9.59 Å². The number of benzene rings is 2. The van der Waals surface area contributed by atoms with Gasteiger partial charge in [-0.25, -0.2) is 0 Å². The van der Waals surface area contributed by atoms with Gasteiger partial charge in [0.25, 0.3) is 0 Å². The SMILES string of the molecule is CN1CCN(c2ccc(NC(=O)C(=O)Nc3ccc(C(N)=O)cc3)cc2)CC1. The maximum absolute atomic E-state index is 12.1. The fourth-order valence-electron chi connectivity index (χ4n) is 2.91. The number of anilines is 3. The summed E-state index contributed by atoms with van der Waals surface area (Å²) in [6, 6.07) is 13.4. The van der Waals surface area contributed by atoms with E-state index in [9.17, 15) is 14.4 Å². The van der Waals surface area contributed by atoms with Crippen LogP contribution < -0.4 is 21.3 Å². The molecule has 2 aromatic rings. The van der Waals surface area contributed by atoms with Crippen LogP contribution in [0.15, 0.2) is 48.5 Å². The Kier molecular flexibility index (Phi) is 5.90. The highest BCUT2D eigenvalue weighted by atomic mass is 16.2. The summed E-state index contributed by atoms with van der Waals surface area (Å²) < 4.78 is 0. The summed E-state index contributed by atoms with van der Waals surface area (Å²) in [5.41, 5.74) is 7.52. The molecule has 0 aromatic heterocycles. The summed E-state index contributed by atoms with van der Waals surface area (Å²) in [5.74, 6) is -2.13. The van der Waals surface area contributed by atoms with Crippen molar-refractivity contribution in [1.29, 1.82) is 0 Å². The number of carbonyl (C=O) groups is 3. The van der Waals surface area contributed by atoms with Gasteiger partial charge in [-0.15, -0.1) is 0 Å². The first-order valence-electron chi connectivity index (χ1n) is 8.98. The third-order valence-electron chi connectivity index (χ3n) is 4.63. The fraction of sp³-hybridized carbons (Fsp3) is 0.250. The fourth-order valence-corrected chi connectivity index (χ4v) is 2.91. The molecule has 1 heterocycles. The van der Waals surface area contributed by atoms with Crippen molar-refractivity contribution in [3.63, 3.8) is 0 Å². The van der Waals surface area contributed by atoms with Gasteiger partial charge < -0.3 is 26.2 Å². The maximum Gasteiger partial charge on any atom is 0.314 e. The summed E-state index contributed by atoms with van der Waals surface area (Å²) in [6.07, 6.45) is 0. The zero-order chi connectivity index (χ0) is 20.1. The Bertz CT molecular complexity index is 856. The molecule has 8 heteroatoms. The van der Waals surface area contributed by atoms with E-state index in [1.807, 2.05) is 12.1 Å². The number of piperazine rings is 1. The van der Waals surface area contributed by atoms with Gasteiger partial charge in [0.2, 0.25) is 5.91 Å². The molecule has 0 aliphatic carbocycles. The molecule has 1 fully saturated rings. The van der Waals surface area contributed by atoms with Gasteiger partial charge in [0.1, 0.15) is 0 Å². The number of hydrogen-bond donors (Lipinski definition) is 3. The second-order valence-corrected chi connectivity index (χ2v) is 6.69. The Morgan fingerprint density at radius 1 is 0.786 bits per heavy atom. The molecular weight excluding hydrogens is 358 g/mol. The average molecular weight is 381 g/mol. The molecule has 0 unspecified atom stereocenters. The van der Waals surface area contributed by atoms with E-state index in [4.69, 9.17) is 5.73 Å². The summed E-state index contributed by atoms with van der Waals surface area (Å²) in [6.45, 7) is 3.94. The summed E-state index contributed by atoms with van der Waals surface area (Å²) in [7, 11) is 2.10. The molecule has 0 saturated carbocycles. The van der Waals surface area contributed by atoms with Gasteiger partial charge in [0, 0.05) is 48.8 Å². The summed E-state index contributed by atoms with van der Waals surface area (Å²) >= 11 is 0. The van der Waals surface area contributed by atoms with Crippen LogP contribution in [0.1, 0.15) is 10.4 Å². The van der Waals surface area contributed by atoms with E-state index >= 15 is 0 Å². The smallest absolute Gasteiger partial charge is 0.314 e. The molecule has 3 rings (SSSR count). The predicted molar refractivity (Wildman–Crippen MR) is 108 cm³/mol. The van der Waals surface area contributed by atoms with Crippen LogP contribution in [0, 0.1) is 0 Å². The first kappa shape index (κ1) is 19.4. The number of primary amides is 1. The molecular formula is C20H23N5O3. The summed E-state index contributed by atoms with van der Waals surface area (Å²) in [4.78, 5) is 39.8. The number of nitrogens with one attached hydrogen (secondary N) is 2. The lowest BCUT2D eigenvalue weighted by Crippen LogP contribution is -2.44. The topological polar surface area (TPSA) is 108 Å². The lowest BCUT2D eigenvalue weighted by molar-refractivity contribution is -0.132. The minimum Gasteiger partial charge on any atom is -0.369 e. The van der Waals surface area contributed by atoms with E-state index in [2.05, 4.69) is 27.5 Å². The van der Waals surface area contributed by atoms with Crippen LogP contribution in [0.2, 0.25) is 0 Å². The van der Waals surface area contributed by atoms with Crippen molar-refractivity contribution in [2.45, 2.75) is 0 Å². The Morgan fingerprint density at radius 2 is 1.25 bits per heavy atom. The van der Waals surface area contributed by atoms with Gasteiger partial charge in [-0.05, 0) is 55.6 Å². The maximum atomic E-state index is 12.1. The Hall–Kier alpha value is -3.39. The zero-order valence-corrected chi connectivity index (χ0v) is 15.6. The average Bonchev–Trinajstić information content (AvgIpc) is 2.69. The van der Waals surface area contributed by atoms with Crippen molar-refractivity contribution in [2.75, 3.05) is 48.8 Å². The van der Waals surface area contributed by atoms with Crippen LogP contribution in [-0.4, -0.2) is 55.8 Å². The minimum absolute atomic E-state index is 0.322. The Morgan fingerprint density at radius 3 is 1.71 bits per heavy atom. The largest absolute Gasteiger partial charge is 0.369 e. The van der Waals surface area contributed by atoms with E-state index in [1.165, 1.54) is 24.3 Å². The van der Waals surface area contributed by atoms with Crippen molar-refractivity contribution >= 4 is 34.8 Å². The van der Waals surface area contributed by atoms with Crippen LogP contribution >= 0.6 is 0 Å². The molecule has 1 saturated heterocycles. The van der Waals surface area contributed by atoms with Crippen LogP contribution in [0.4, 0.5) is 17.1 Å². The molecule has 146 valence electrons. The van der Waals surface area contributed by atoms with Gasteiger partial charge >= 0.3 is 11.8 Å². The Balaban J connectivity index is 1.55. The monoisotopic (exact) mass is 381 g/mol. The van der Waals surface area contributed by atoms with Crippen molar-refractivity contribution in [3.05, 3.63) is 54.1 Å². The van der Waals surface area contributed by atoms with Gasteiger partial charge in [0.15, 0.2) is 0 Å². The van der Waals surface area contributed by atoms with E-state index < -0.39 is 17.7 Å². The van der Waals surface area contributed by atoms with E-state index in [-0.39, 0.29) is 0 Å². The number of hydrogen-bond acceptors (Lipinski definition) is 5. The van der Waals surface area contributed by atoms with Crippen molar-refractivity contribution in [3.8, 4) is 0 Å². The number of rotatable bonds is 4. The van der Waals surface area contributed by atoms with E-state index in [0.29, 0.717) is 16.9 Å². The van der Waals surface area contributed by atoms with E-state index in [0.717, 1.165) is 31.9 Å². The van der Waals surface area contributed by atoms with Gasteiger partial charge in [0.05, 0.1) is 0 Å². The third kappa shape index (κ3) is 4.86. The quantitative estimate of drug-likeness (QED) is 0.688. The number of nitrogens with zero attached hydrogens (tertiary/aromatic N) is 2. The van der Waals surface area contributed by atoms with E-state index in [1.54, 1.807) is 12.1 Å². The lowest BCUT2D eigenvalue weighted by atomic mass is 10.2. The van der Waals surface area contributed by atoms with Gasteiger partial charge in [-0.2, -0.15) is 0 Å². The number of carbonyl (C=O) groups excluding carboxylic acids is 3. The molecule has 1 aliphatic rings. The normalized spacial score (nSPS) is 14.4. The molecule has 28 heavy (non-hydrogen) atoms. The molecule has 1 aliphatic heterocycles. The van der Waals surface area contributed by atoms with Crippen LogP contribution in [0.3, 0.4) is 0 Å². The molecule has 0 bridgehead atoms. The van der Waals surface area contributed by atoms with Crippen LogP contribution in [0.25, 0.3) is 0 Å². The standard InChI is InChI=1S/C20H23N5O3/c1-24-10-12-25(13-11-24)17-8-6-16(7-9-17)23-20(28)19(27)22-15-4-2-14(3-5-15)18(21)26/h2-9H,10-13H2,1H3,(H2,21,26)(H,22,27)(H,23,28). The number of likely N-dealkylation sites (N-methyl/N-ethyl adjacent to an activating group) is 1. The molecule has 4 N–H and O–H groups in total. The van der Waals surface area contributed by atoms with Crippen molar-refractivity contribution < 1.29 is 14.4 Å². The highest BCUT2D eigenvalue weighted by Crippen LogP contribution is 2.19. The first-order valence-corrected chi connectivity index (χ1v) is 8.98. The molecule has 3 amide bonds. The number of nitrogens with two attached hydrogens (primary N) is 1. The predicted octanol–water partition coefficient (Wildman–Crippen LogP) is 1.11. The molecule has 0 atom stereocenters.